The molecule has 0 saturated carbocycles. The maximum Gasteiger partial charge on any atom is 0.400 e. The van der Waals surface area contributed by atoms with Crippen LogP contribution in [0.3, 0.4) is 0 Å². The van der Waals surface area contributed by atoms with Gasteiger partial charge in [-0.05, 0) is 12.1 Å². The van der Waals surface area contributed by atoms with Crippen LogP contribution in [0.15, 0.2) is 22.0 Å². The fourth-order valence-electron chi connectivity index (χ4n) is 2.02. The molecule has 1 fully saturated rings. The van der Waals surface area contributed by atoms with Crippen LogP contribution in [0, 0.1) is 5.82 Å². The summed E-state index contributed by atoms with van der Waals surface area (Å²) in [5, 5.41) is -0.735. The van der Waals surface area contributed by atoms with Crippen LogP contribution in [0.5, 0.6) is 0 Å². The Morgan fingerprint density at radius 2 is 1.93 bits per heavy atom. The molecule has 0 spiro atoms. The zero-order valence-electron chi connectivity index (χ0n) is 13.4. The molecule has 1 aliphatic rings. The molecule has 27 heavy (non-hydrogen) atoms. The van der Waals surface area contributed by atoms with Gasteiger partial charge in [0, 0.05) is 6.92 Å². The molecule has 1 heterocycles. The number of carbonyl (C=O) groups is 1. The Kier molecular flexibility index (Phi) is 6.52. The summed E-state index contributed by atoms with van der Waals surface area (Å²) in [5.74, 6) is -6.87. The highest BCUT2D eigenvalue weighted by atomic mass is 35.5. The van der Waals surface area contributed by atoms with Crippen LogP contribution in [-0.4, -0.2) is 50.3 Å². The second-order valence-corrected chi connectivity index (χ2v) is 8.34. The van der Waals surface area contributed by atoms with Crippen LogP contribution in [0.4, 0.5) is 32.0 Å². The van der Waals surface area contributed by atoms with Gasteiger partial charge in [-0.2, -0.15) is 13.2 Å². The fraction of sp³-hybridized carbons (Fsp3) is 0.429. The Bertz CT molecular complexity index is 810. The predicted molar refractivity (Wildman–Crippen MR) is 90.6 cm³/mol. The SMILES string of the molecule is CC(F)(F)CN1C(=O)CSC1=Nc1cc(S(=O)CC(F)(F)F)c(Cl)cc1F. The smallest absolute Gasteiger partial charge is 0.284 e. The normalized spacial score (nSPS) is 18.4. The van der Waals surface area contributed by atoms with E-state index in [1.807, 2.05) is 0 Å². The van der Waals surface area contributed by atoms with E-state index < -0.39 is 62.5 Å². The number of benzene rings is 1. The Balaban J connectivity index is 2.40. The molecule has 0 aromatic heterocycles. The first kappa shape index (κ1) is 22.0. The van der Waals surface area contributed by atoms with Crippen molar-refractivity contribution in [3.63, 3.8) is 0 Å². The zero-order valence-corrected chi connectivity index (χ0v) is 15.8. The van der Waals surface area contributed by atoms with E-state index in [1.165, 1.54) is 0 Å². The number of halogens is 7. The van der Waals surface area contributed by atoms with Crippen molar-refractivity contribution < 1.29 is 35.3 Å². The minimum absolute atomic E-state index is 0.197. The summed E-state index contributed by atoms with van der Waals surface area (Å²) in [5.41, 5.74) is -0.563. The van der Waals surface area contributed by atoms with Gasteiger partial charge >= 0.3 is 6.18 Å². The second kappa shape index (κ2) is 8.00. The van der Waals surface area contributed by atoms with Gasteiger partial charge in [0.2, 0.25) is 5.91 Å². The molecule has 1 aromatic carbocycles. The molecule has 1 unspecified atom stereocenters. The van der Waals surface area contributed by atoms with Crippen molar-refractivity contribution in [1.82, 2.24) is 4.90 Å². The summed E-state index contributed by atoms with van der Waals surface area (Å²) >= 11 is 6.43. The Labute approximate surface area is 161 Å². The number of amidine groups is 1. The minimum Gasteiger partial charge on any atom is -0.284 e. The van der Waals surface area contributed by atoms with Crippen LogP contribution in [0.1, 0.15) is 6.92 Å². The monoisotopic (exact) mass is 452 g/mol. The number of hydrogen-bond donors (Lipinski definition) is 0. The predicted octanol–water partition coefficient (Wildman–Crippen LogP) is 4.37. The average Bonchev–Trinajstić information content (AvgIpc) is 2.79. The van der Waals surface area contributed by atoms with Crippen molar-refractivity contribution in [3.8, 4) is 0 Å². The summed E-state index contributed by atoms with van der Waals surface area (Å²) in [7, 11) is -2.62. The van der Waals surface area contributed by atoms with Crippen molar-refractivity contribution in [1.29, 1.82) is 0 Å². The lowest BCUT2D eigenvalue weighted by molar-refractivity contribution is -0.127. The maximum absolute atomic E-state index is 14.1. The van der Waals surface area contributed by atoms with E-state index in [9.17, 15) is 35.3 Å². The molecule has 1 aliphatic heterocycles. The number of rotatable bonds is 5. The number of hydrogen-bond acceptors (Lipinski definition) is 4. The molecule has 0 radical (unpaired) electrons. The van der Waals surface area contributed by atoms with Gasteiger partial charge in [0.15, 0.2) is 5.17 Å². The molecular weight excluding hydrogens is 442 g/mol. The average molecular weight is 453 g/mol. The fourth-order valence-corrected chi connectivity index (χ4v) is 4.30. The van der Waals surface area contributed by atoms with E-state index in [4.69, 9.17) is 11.6 Å². The summed E-state index contributed by atoms with van der Waals surface area (Å²) in [4.78, 5) is 15.6. The highest BCUT2D eigenvalue weighted by molar-refractivity contribution is 8.15. The lowest BCUT2D eigenvalue weighted by atomic mass is 10.3. The zero-order chi connectivity index (χ0) is 20.6. The molecular formula is C14H11ClF6N2O2S2. The number of aliphatic imine (C=N–C) groups is 1. The van der Waals surface area contributed by atoms with Crippen LogP contribution >= 0.6 is 23.4 Å². The summed E-state index contributed by atoms with van der Waals surface area (Å²) in [6.45, 7) is -0.401. The first-order valence-electron chi connectivity index (χ1n) is 7.11. The van der Waals surface area contributed by atoms with E-state index >= 15 is 0 Å². The molecule has 1 aromatic rings. The van der Waals surface area contributed by atoms with Crippen molar-refractivity contribution in [2.45, 2.75) is 23.9 Å². The molecule has 1 amide bonds. The van der Waals surface area contributed by atoms with Crippen molar-refractivity contribution in [2.75, 3.05) is 18.1 Å². The van der Waals surface area contributed by atoms with Crippen LogP contribution in [0.2, 0.25) is 5.02 Å². The van der Waals surface area contributed by atoms with E-state index in [0.717, 1.165) is 17.8 Å². The molecule has 2 rings (SSSR count). The second-order valence-electron chi connectivity index (χ2n) is 5.57. The largest absolute Gasteiger partial charge is 0.400 e. The Morgan fingerprint density at radius 3 is 2.48 bits per heavy atom. The highest BCUT2D eigenvalue weighted by Crippen LogP contribution is 2.33. The topological polar surface area (TPSA) is 49.7 Å². The molecule has 150 valence electrons. The third kappa shape index (κ3) is 6.11. The van der Waals surface area contributed by atoms with E-state index in [2.05, 4.69) is 4.99 Å². The van der Waals surface area contributed by atoms with Gasteiger partial charge < -0.3 is 0 Å². The van der Waals surface area contributed by atoms with Gasteiger partial charge in [-0.25, -0.2) is 18.2 Å². The first-order chi connectivity index (χ1) is 12.3. The molecule has 4 nitrogen and oxygen atoms in total. The van der Waals surface area contributed by atoms with Gasteiger partial charge in [-0.3, -0.25) is 13.9 Å². The summed E-state index contributed by atoms with van der Waals surface area (Å²) in [6, 6.07) is 1.38. The number of nitrogens with zero attached hydrogens (tertiary/aromatic N) is 2. The van der Waals surface area contributed by atoms with Gasteiger partial charge in [0.05, 0.1) is 33.0 Å². The van der Waals surface area contributed by atoms with Gasteiger partial charge in [-0.1, -0.05) is 23.4 Å². The molecule has 0 aliphatic carbocycles. The van der Waals surface area contributed by atoms with Crippen LogP contribution < -0.4 is 0 Å². The Morgan fingerprint density at radius 1 is 1.30 bits per heavy atom. The standard InChI is InChI=1S/C14H11ClF6N2O2S2/c1-13(17,18)5-23-11(24)4-26-12(23)22-9-3-10(7(15)2-8(9)16)27(25)6-14(19,20)21/h2-3H,4-6H2,1H3. The van der Waals surface area contributed by atoms with Gasteiger partial charge in [0.1, 0.15) is 17.3 Å². The van der Waals surface area contributed by atoms with Crippen LogP contribution in [0.25, 0.3) is 0 Å². The van der Waals surface area contributed by atoms with Crippen LogP contribution in [-0.2, 0) is 15.6 Å². The molecule has 1 saturated heterocycles. The molecule has 0 bridgehead atoms. The van der Waals surface area contributed by atoms with Crippen molar-refractivity contribution >= 4 is 50.9 Å². The van der Waals surface area contributed by atoms with E-state index in [1.54, 1.807) is 0 Å². The Hall–Kier alpha value is -1.27. The lowest BCUT2D eigenvalue weighted by Gasteiger charge is -2.20. The van der Waals surface area contributed by atoms with E-state index in [-0.39, 0.29) is 10.9 Å². The first-order valence-corrected chi connectivity index (χ1v) is 9.79. The lowest BCUT2D eigenvalue weighted by Crippen LogP contribution is -2.38. The quantitative estimate of drug-likeness (QED) is 0.623. The molecule has 1 atom stereocenters. The summed E-state index contributed by atoms with van der Waals surface area (Å²) in [6.07, 6.45) is -4.74. The molecule has 0 N–H and O–H groups in total. The number of thioether (sulfide) groups is 1. The van der Waals surface area contributed by atoms with Gasteiger partial charge in [-0.15, -0.1) is 0 Å². The summed E-state index contributed by atoms with van der Waals surface area (Å²) < 4.78 is 89.7. The van der Waals surface area contributed by atoms with Crippen molar-refractivity contribution in [2.24, 2.45) is 4.99 Å². The van der Waals surface area contributed by atoms with Crippen molar-refractivity contribution in [3.05, 3.63) is 23.0 Å². The van der Waals surface area contributed by atoms with E-state index in [0.29, 0.717) is 17.9 Å². The number of alkyl halides is 5. The third-order valence-corrected chi connectivity index (χ3v) is 5.85. The number of carbonyl (C=O) groups excluding carboxylic acids is 1. The maximum atomic E-state index is 14.1. The third-order valence-electron chi connectivity index (χ3n) is 3.05. The van der Waals surface area contributed by atoms with Gasteiger partial charge in [0.25, 0.3) is 5.92 Å². The molecule has 13 heteroatoms. The highest BCUT2D eigenvalue weighted by Gasteiger charge is 2.36. The number of amides is 1. The minimum atomic E-state index is -4.74.